The summed E-state index contributed by atoms with van der Waals surface area (Å²) in [4.78, 5) is 8.82. The van der Waals surface area contributed by atoms with E-state index in [1.807, 2.05) is 24.3 Å². The third-order valence-electron chi connectivity index (χ3n) is 3.39. The average Bonchev–Trinajstić information content (AvgIpc) is 2.46. The highest BCUT2D eigenvalue weighted by Crippen LogP contribution is 2.19. The Morgan fingerprint density at radius 1 is 1.05 bits per heavy atom. The topological polar surface area (TPSA) is 46.0 Å². The fraction of sp³-hybridized carbons (Fsp3) is 0.500. The van der Waals surface area contributed by atoms with Crippen molar-refractivity contribution >= 4 is 11.0 Å². The first-order chi connectivity index (χ1) is 9.31. The van der Waals surface area contributed by atoms with E-state index in [4.69, 9.17) is 0 Å². The molecule has 2 rings (SSSR count). The van der Waals surface area contributed by atoms with Gasteiger partial charge in [-0.2, -0.15) is 0 Å². The number of aromatic nitrogens is 2. The minimum atomic E-state index is -0.487. The second-order valence-electron chi connectivity index (χ2n) is 5.00. The van der Waals surface area contributed by atoms with Crippen molar-refractivity contribution in [2.24, 2.45) is 0 Å². The predicted molar refractivity (Wildman–Crippen MR) is 77.9 cm³/mol. The molecule has 102 valence electrons. The number of benzene rings is 1. The van der Waals surface area contributed by atoms with Crippen molar-refractivity contribution in [1.29, 1.82) is 0 Å². The number of hydrogen-bond donors (Lipinski definition) is 1. The average molecular weight is 258 g/mol. The van der Waals surface area contributed by atoms with Crippen LogP contribution in [-0.2, 0) is 0 Å². The van der Waals surface area contributed by atoms with Crippen molar-refractivity contribution in [2.75, 3.05) is 0 Å². The molecule has 0 amide bonds. The maximum absolute atomic E-state index is 10.1. The van der Waals surface area contributed by atoms with Crippen molar-refractivity contribution in [1.82, 2.24) is 9.97 Å². The highest BCUT2D eigenvalue weighted by Gasteiger charge is 2.10. The van der Waals surface area contributed by atoms with Crippen LogP contribution in [0.4, 0.5) is 0 Å². The van der Waals surface area contributed by atoms with Gasteiger partial charge in [-0.05, 0) is 18.6 Å². The molecule has 3 heteroatoms. The fourth-order valence-corrected chi connectivity index (χ4v) is 2.22. The van der Waals surface area contributed by atoms with E-state index in [9.17, 15) is 5.11 Å². The maximum atomic E-state index is 10.1. The molecule has 1 N–H and O–H groups in total. The van der Waals surface area contributed by atoms with E-state index in [1.165, 1.54) is 25.7 Å². The van der Waals surface area contributed by atoms with Gasteiger partial charge in [-0.25, -0.2) is 4.98 Å². The van der Waals surface area contributed by atoms with Gasteiger partial charge in [0.2, 0.25) is 0 Å². The van der Waals surface area contributed by atoms with Gasteiger partial charge in [-0.1, -0.05) is 51.2 Å². The molecule has 0 saturated carbocycles. The number of fused-ring (bicyclic) bond motifs is 1. The van der Waals surface area contributed by atoms with Crippen LogP contribution in [0.2, 0.25) is 0 Å². The lowest BCUT2D eigenvalue weighted by Gasteiger charge is -2.10. The summed E-state index contributed by atoms with van der Waals surface area (Å²) in [5, 5.41) is 10.1. The normalized spacial score (nSPS) is 12.7. The third kappa shape index (κ3) is 4.00. The molecule has 0 fully saturated rings. The standard InChI is InChI=1S/C16H22N2O/c1-2-3-4-5-6-11-16(19)15-12-17-13-9-7-8-10-14(13)18-15/h7-10,12,16,19H,2-6,11H2,1H3. The molecule has 0 saturated heterocycles. The Balaban J connectivity index is 1.91. The summed E-state index contributed by atoms with van der Waals surface area (Å²) in [6, 6.07) is 7.75. The summed E-state index contributed by atoms with van der Waals surface area (Å²) in [6.07, 6.45) is 8.01. The van der Waals surface area contributed by atoms with Crippen LogP contribution in [-0.4, -0.2) is 15.1 Å². The van der Waals surface area contributed by atoms with Crippen molar-refractivity contribution < 1.29 is 5.11 Å². The highest BCUT2D eigenvalue weighted by molar-refractivity contribution is 5.73. The number of hydrogen-bond acceptors (Lipinski definition) is 3. The Morgan fingerprint density at radius 3 is 2.58 bits per heavy atom. The quantitative estimate of drug-likeness (QED) is 0.763. The zero-order chi connectivity index (χ0) is 13.5. The number of rotatable bonds is 7. The third-order valence-corrected chi connectivity index (χ3v) is 3.39. The monoisotopic (exact) mass is 258 g/mol. The van der Waals surface area contributed by atoms with Crippen LogP contribution >= 0.6 is 0 Å². The first-order valence-electron chi connectivity index (χ1n) is 7.21. The van der Waals surface area contributed by atoms with Gasteiger partial charge in [0.05, 0.1) is 29.0 Å². The first-order valence-corrected chi connectivity index (χ1v) is 7.21. The van der Waals surface area contributed by atoms with E-state index in [1.54, 1.807) is 6.20 Å². The van der Waals surface area contributed by atoms with Gasteiger partial charge in [0.1, 0.15) is 0 Å². The number of aliphatic hydroxyl groups excluding tert-OH is 1. The SMILES string of the molecule is CCCCCCCC(O)c1cnc2ccccc2n1. The van der Waals surface area contributed by atoms with Gasteiger partial charge in [-0.15, -0.1) is 0 Å². The number of unbranched alkanes of at least 4 members (excludes halogenated alkanes) is 4. The summed E-state index contributed by atoms with van der Waals surface area (Å²) in [7, 11) is 0. The fourth-order valence-electron chi connectivity index (χ4n) is 2.22. The molecule has 0 aliphatic rings. The highest BCUT2D eigenvalue weighted by atomic mass is 16.3. The molecular formula is C16H22N2O. The molecular weight excluding hydrogens is 236 g/mol. The second-order valence-corrected chi connectivity index (χ2v) is 5.00. The van der Waals surface area contributed by atoms with E-state index in [-0.39, 0.29) is 0 Å². The lowest BCUT2D eigenvalue weighted by molar-refractivity contribution is 0.158. The smallest absolute Gasteiger partial charge is 0.0975 e. The largest absolute Gasteiger partial charge is 0.387 e. The van der Waals surface area contributed by atoms with Gasteiger partial charge in [0.25, 0.3) is 0 Å². The summed E-state index contributed by atoms with van der Waals surface area (Å²) in [5.41, 5.74) is 2.42. The van der Waals surface area contributed by atoms with Gasteiger partial charge >= 0.3 is 0 Å². The molecule has 1 heterocycles. The van der Waals surface area contributed by atoms with Crippen LogP contribution in [0.5, 0.6) is 0 Å². The molecule has 19 heavy (non-hydrogen) atoms. The number of nitrogens with zero attached hydrogens (tertiary/aromatic N) is 2. The maximum Gasteiger partial charge on any atom is 0.0975 e. The molecule has 2 aromatic rings. The van der Waals surface area contributed by atoms with E-state index >= 15 is 0 Å². The Bertz CT molecular complexity index is 513. The molecule has 1 aromatic carbocycles. The van der Waals surface area contributed by atoms with E-state index in [2.05, 4.69) is 16.9 Å². The van der Waals surface area contributed by atoms with E-state index in [0.29, 0.717) is 5.69 Å². The lowest BCUT2D eigenvalue weighted by Crippen LogP contribution is -2.02. The minimum Gasteiger partial charge on any atom is -0.387 e. The molecule has 0 bridgehead atoms. The van der Waals surface area contributed by atoms with Gasteiger partial charge in [0, 0.05) is 0 Å². The summed E-state index contributed by atoms with van der Waals surface area (Å²) >= 11 is 0. The van der Waals surface area contributed by atoms with Crippen LogP contribution in [0, 0.1) is 0 Å². The van der Waals surface area contributed by atoms with Gasteiger partial charge in [-0.3, -0.25) is 4.98 Å². The second kappa shape index (κ2) is 7.19. The lowest BCUT2D eigenvalue weighted by atomic mass is 10.1. The Labute approximate surface area is 114 Å². The van der Waals surface area contributed by atoms with E-state index in [0.717, 1.165) is 23.9 Å². The van der Waals surface area contributed by atoms with Crippen molar-refractivity contribution in [2.45, 2.75) is 51.6 Å². The molecule has 1 aromatic heterocycles. The Morgan fingerprint density at radius 2 is 1.79 bits per heavy atom. The molecule has 0 aliphatic carbocycles. The van der Waals surface area contributed by atoms with Gasteiger partial charge < -0.3 is 5.11 Å². The zero-order valence-electron chi connectivity index (χ0n) is 11.5. The van der Waals surface area contributed by atoms with Crippen molar-refractivity contribution in [3.8, 4) is 0 Å². The van der Waals surface area contributed by atoms with Crippen LogP contribution < -0.4 is 0 Å². The van der Waals surface area contributed by atoms with Gasteiger partial charge in [0.15, 0.2) is 0 Å². The Kier molecular flexibility index (Phi) is 5.28. The molecule has 1 atom stereocenters. The van der Waals surface area contributed by atoms with Crippen LogP contribution in [0.1, 0.15) is 57.2 Å². The predicted octanol–water partition coefficient (Wildman–Crippen LogP) is 4.02. The van der Waals surface area contributed by atoms with Crippen molar-refractivity contribution in [3.63, 3.8) is 0 Å². The minimum absolute atomic E-state index is 0.487. The molecule has 0 spiro atoms. The molecule has 1 unspecified atom stereocenters. The molecule has 0 radical (unpaired) electrons. The zero-order valence-corrected chi connectivity index (χ0v) is 11.5. The molecule has 0 aliphatic heterocycles. The molecule has 3 nitrogen and oxygen atoms in total. The number of para-hydroxylation sites is 2. The van der Waals surface area contributed by atoms with Crippen LogP contribution in [0.3, 0.4) is 0 Å². The van der Waals surface area contributed by atoms with Crippen molar-refractivity contribution in [3.05, 3.63) is 36.2 Å². The van der Waals surface area contributed by atoms with E-state index < -0.39 is 6.10 Å². The van der Waals surface area contributed by atoms with Crippen LogP contribution in [0.25, 0.3) is 11.0 Å². The summed E-state index contributed by atoms with van der Waals surface area (Å²) in [6.45, 7) is 2.21. The summed E-state index contributed by atoms with van der Waals surface area (Å²) < 4.78 is 0. The van der Waals surface area contributed by atoms with Crippen LogP contribution in [0.15, 0.2) is 30.5 Å². The first kappa shape index (κ1) is 13.9. The number of aliphatic hydroxyl groups is 1. The summed E-state index contributed by atoms with van der Waals surface area (Å²) in [5.74, 6) is 0. The Hall–Kier alpha value is -1.48.